The number of amides is 1. The minimum atomic E-state index is -5.24. The second kappa shape index (κ2) is 10.4. The Hall–Kier alpha value is -3.95. The fourth-order valence-corrected chi connectivity index (χ4v) is 5.30. The predicted octanol–water partition coefficient (Wildman–Crippen LogP) is 6.06. The van der Waals surface area contributed by atoms with Crippen LogP contribution in [0.15, 0.2) is 65.8 Å². The van der Waals surface area contributed by atoms with E-state index in [9.17, 15) is 17.7 Å². The molecule has 38 heavy (non-hydrogen) atoms. The number of rotatable bonds is 6. The monoisotopic (exact) mass is 520 g/mol. The van der Waals surface area contributed by atoms with Gasteiger partial charge in [-0.05, 0) is 45.8 Å². The molecular formula is C27H26BF3N5O2-. The lowest BCUT2D eigenvalue weighted by Crippen LogP contribution is -2.48. The zero-order valence-corrected chi connectivity index (χ0v) is 20.9. The van der Waals surface area contributed by atoms with Gasteiger partial charge in [0.05, 0.1) is 0 Å². The first-order chi connectivity index (χ1) is 18.3. The summed E-state index contributed by atoms with van der Waals surface area (Å²) in [7, 11) is 0. The fraction of sp³-hybridized carbons (Fsp3) is 0.296. The fourth-order valence-electron chi connectivity index (χ4n) is 5.30. The average molecular weight is 520 g/mol. The van der Waals surface area contributed by atoms with Crippen molar-refractivity contribution in [3.63, 3.8) is 0 Å². The number of halogens is 3. The number of carbonyl (C=O) groups excluding carboxylic acids is 1. The van der Waals surface area contributed by atoms with Crippen LogP contribution in [0.3, 0.4) is 0 Å². The number of carbonyl (C=O) groups is 1. The van der Waals surface area contributed by atoms with Crippen LogP contribution in [0.25, 0.3) is 21.6 Å². The maximum atomic E-state index is 13.4. The number of hydrogen-bond donors (Lipinski definition) is 0. The molecule has 5 rings (SSSR count). The highest BCUT2D eigenvalue weighted by atomic mass is 19.4. The minimum Gasteiger partial charge on any atom is -0.448 e. The van der Waals surface area contributed by atoms with Crippen molar-refractivity contribution in [1.29, 1.82) is 0 Å². The molecule has 1 aliphatic heterocycles. The molecule has 0 unspecified atom stereocenters. The number of hydrogen-bond acceptors (Lipinski definition) is 4. The summed E-state index contributed by atoms with van der Waals surface area (Å²) in [6.45, 7) is -1.30. The molecule has 2 aliphatic rings. The molecule has 3 aromatic rings. The molecule has 0 atom stereocenters. The molecule has 11 heteroatoms. The van der Waals surface area contributed by atoms with E-state index in [1.54, 1.807) is 11.8 Å². The van der Waals surface area contributed by atoms with Crippen molar-refractivity contribution in [3.8, 4) is 11.1 Å². The summed E-state index contributed by atoms with van der Waals surface area (Å²) in [5.74, 6) is -0.0246. The normalized spacial score (nSPS) is 15.5. The van der Waals surface area contributed by atoms with Crippen molar-refractivity contribution >= 4 is 24.2 Å². The third-order valence-electron chi connectivity index (χ3n) is 7.40. The summed E-state index contributed by atoms with van der Waals surface area (Å²) in [4.78, 5) is 19.2. The molecule has 7 nitrogen and oxygen atoms in total. The summed E-state index contributed by atoms with van der Waals surface area (Å²) in [6.07, 6.45) is -0.393. The number of piperazine rings is 1. The van der Waals surface area contributed by atoms with E-state index in [-0.39, 0.29) is 24.8 Å². The second-order valence-corrected chi connectivity index (χ2v) is 9.66. The van der Waals surface area contributed by atoms with Crippen LogP contribution in [0.2, 0.25) is 0 Å². The van der Waals surface area contributed by atoms with Gasteiger partial charge in [0, 0.05) is 49.2 Å². The molecule has 1 heterocycles. The molecule has 0 aromatic heterocycles. The van der Waals surface area contributed by atoms with Gasteiger partial charge in [0.2, 0.25) is 0 Å². The van der Waals surface area contributed by atoms with Gasteiger partial charge in [0.25, 0.3) is 0 Å². The van der Waals surface area contributed by atoms with E-state index in [1.807, 2.05) is 29.2 Å². The SMILES string of the molecule is Cc1c(CN2CCN(C(=O)OCC3c4ccccc4-c4ccccc43)CC2)cc([B-](F)(F)F)cc1N=[N+]=[N-]. The molecular weight excluding hydrogens is 494 g/mol. The summed E-state index contributed by atoms with van der Waals surface area (Å²) in [6, 6.07) is 18.3. The third-order valence-corrected chi connectivity index (χ3v) is 7.40. The lowest BCUT2D eigenvalue weighted by molar-refractivity contribution is 0.0728. The van der Waals surface area contributed by atoms with Crippen LogP contribution in [0.1, 0.15) is 28.2 Å². The van der Waals surface area contributed by atoms with Crippen LogP contribution >= 0.6 is 0 Å². The number of ether oxygens (including phenoxy) is 1. The molecule has 0 radical (unpaired) electrons. The van der Waals surface area contributed by atoms with Gasteiger partial charge >= 0.3 is 13.1 Å². The van der Waals surface area contributed by atoms with E-state index in [4.69, 9.17) is 10.3 Å². The number of benzene rings is 3. The van der Waals surface area contributed by atoms with E-state index >= 15 is 0 Å². The van der Waals surface area contributed by atoms with Crippen molar-refractivity contribution in [2.45, 2.75) is 19.4 Å². The smallest absolute Gasteiger partial charge is 0.448 e. The molecule has 1 aliphatic carbocycles. The lowest BCUT2D eigenvalue weighted by atomic mass is 9.78. The zero-order valence-electron chi connectivity index (χ0n) is 20.9. The van der Waals surface area contributed by atoms with Crippen molar-refractivity contribution in [2.75, 3.05) is 32.8 Å². The lowest BCUT2D eigenvalue weighted by Gasteiger charge is -2.35. The van der Waals surface area contributed by atoms with Crippen LogP contribution in [-0.2, 0) is 11.3 Å². The Morgan fingerprint density at radius 2 is 1.63 bits per heavy atom. The Balaban J connectivity index is 1.21. The molecule has 0 saturated carbocycles. The molecule has 0 spiro atoms. The van der Waals surface area contributed by atoms with Gasteiger partial charge in [-0.25, -0.2) is 4.79 Å². The third kappa shape index (κ3) is 5.07. The summed E-state index contributed by atoms with van der Waals surface area (Å²) in [5.41, 5.74) is 13.5. The number of azide groups is 1. The number of fused-ring (bicyclic) bond motifs is 3. The number of nitrogens with zero attached hydrogens (tertiary/aromatic N) is 5. The quantitative estimate of drug-likeness (QED) is 0.172. The van der Waals surface area contributed by atoms with Crippen LogP contribution < -0.4 is 5.46 Å². The van der Waals surface area contributed by atoms with Gasteiger partial charge in [-0.1, -0.05) is 65.8 Å². The topological polar surface area (TPSA) is 81.5 Å². The Morgan fingerprint density at radius 3 is 2.21 bits per heavy atom. The maximum Gasteiger partial charge on any atom is 0.509 e. The molecule has 0 bridgehead atoms. The first-order valence-corrected chi connectivity index (χ1v) is 12.5. The van der Waals surface area contributed by atoms with Crippen LogP contribution in [-0.4, -0.2) is 55.7 Å². The summed E-state index contributed by atoms with van der Waals surface area (Å²) in [5, 5.41) is 3.45. The Kier molecular flexibility index (Phi) is 7.05. The Bertz CT molecular complexity index is 1370. The first-order valence-electron chi connectivity index (χ1n) is 12.5. The van der Waals surface area contributed by atoms with E-state index in [0.717, 1.165) is 34.4 Å². The van der Waals surface area contributed by atoms with E-state index < -0.39 is 18.5 Å². The molecule has 1 amide bonds. The van der Waals surface area contributed by atoms with Crippen molar-refractivity contribution in [2.24, 2.45) is 5.11 Å². The molecule has 0 N–H and O–H groups in total. The highest BCUT2D eigenvalue weighted by Crippen LogP contribution is 2.44. The highest BCUT2D eigenvalue weighted by Gasteiger charge is 2.31. The summed E-state index contributed by atoms with van der Waals surface area (Å²) < 4.78 is 46.1. The second-order valence-electron chi connectivity index (χ2n) is 9.66. The minimum absolute atomic E-state index is 0.0172. The standard InChI is InChI=1S/C27H26BF3N5O2/c1-18-19(14-20(28(29,30)31)15-26(18)33-34-32)16-35-10-12-36(13-11-35)27(37)38-17-25-23-8-4-2-6-21(23)22-7-3-5-9-24(22)25/h2-9,14-15,25H,10-13,16-17H2,1H3/q-1. The van der Waals surface area contributed by atoms with Gasteiger partial charge in [0.15, 0.2) is 0 Å². The van der Waals surface area contributed by atoms with E-state index in [2.05, 4.69) is 34.3 Å². The van der Waals surface area contributed by atoms with E-state index in [1.165, 1.54) is 0 Å². The molecule has 196 valence electrons. The molecule has 1 fully saturated rings. The first kappa shape index (κ1) is 25.7. The predicted molar refractivity (Wildman–Crippen MR) is 141 cm³/mol. The van der Waals surface area contributed by atoms with Gasteiger partial charge < -0.3 is 22.6 Å². The van der Waals surface area contributed by atoms with Gasteiger partial charge in [-0.2, -0.15) is 0 Å². The maximum absolute atomic E-state index is 13.4. The Labute approximate surface area is 218 Å². The highest BCUT2D eigenvalue weighted by molar-refractivity contribution is 6.73. The zero-order chi connectivity index (χ0) is 26.9. The average Bonchev–Trinajstić information content (AvgIpc) is 3.23. The van der Waals surface area contributed by atoms with Gasteiger partial charge in [-0.3, -0.25) is 4.90 Å². The van der Waals surface area contributed by atoms with Crippen molar-refractivity contribution in [3.05, 3.63) is 93.4 Å². The van der Waals surface area contributed by atoms with Gasteiger partial charge in [-0.15, -0.1) is 5.46 Å². The van der Waals surface area contributed by atoms with Crippen LogP contribution in [0, 0.1) is 6.92 Å². The van der Waals surface area contributed by atoms with Crippen LogP contribution in [0.5, 0.6) is 0 Å². The van der Waals surface area contributed by atoms with Gasteiger partial charge in [0.1, 0.15) is 6.61 Å². The molecule has 3 aromatic carbocycles. The van der Waals surface area contributed by atoms with E-state index in [0.29, 0.717) is 37.3 Å². The summed E-state index contributed by atoms with van der Waals surface area (Å²) >= 11 is 0. The van der Waals surface area contributed by atoms with Crippen molar-refractivity contribution < 1.29 is 22.5 Å². The Morgan fingerprint density at radius 1 is 1.03 bits per heavy atom. The largest absolute Gasteiger partial charge is 0.509 e. The molecule has 1 saturated heterocycles. The van der Waals surface area contributed by atoms with Crippen LogP contribution in [0.4, 0.5) is 23.4 Å². The van der Waals surface area contributed by atoms with Crippen molar-refractivity contribution in [1.82, 2.24) is 9.80 Å².